The fourth-order valence-electron chi connectivity index (χ4n) is 4.76. The van der Waals surface area contributed by atoms with Crippen LogP contribution in [0.15, 0.2) is 54.9 Å². The van der Waals surface area contributed by atoms with Gasteiger partial charge in [-0.05, 0) is 60.5 Å². The van der Waals surface area contributed by atoms with E-state index in [0.717, 1.165) is 81.2 Å². The lowest BCUT2D eigenvalue weighted by molar-refractivity contribution is -0.698. The summed E-state index contributed by atoms with van der Waals surface area (Å²) < 4.78 is 31.9. The number of rotatable bonds is 15. The average Bonchev–Trinajstić information content (AvgIpc) is 2.91. The molecule has 0 atom stereocenters. The molecule has 2 aromatic carbocycles. The molecule has 0 spiro atoms. The normalized spacial score (nSPS) is 12.0. The molecular formula is C32H44F2N3+. The summed E-state index contributed by atoms with van der Waals surface area (Å²) in [5.41, 5.74) is 1.96. The zero-order chi connectivity index (χ0) is 26.6. The van der Waals surface area contributed by atoms with Crippen LogP contribution in [0.1, 0.15) is 70.9 Å². The van der Waals surface area contributed by atoms with E-state index in [1.165, 1.54) is 18.0 Å². The van der Waals surface area contributed by atoms with Crippen molar-refractivity contribution in [2.24, 2.45) is 0 Å². The molecule has 0 bridgehead atoms. The van der Waals surface area contributed by atoms with Gasteiger partial charge in [-0.1, -0.05) is 64.8 Å². The Hall–Kier alpha value is -2.79. The summed E-state index contributed by atoms with van der Waals surface area (Å²) in [6, 6.07) is 13.8. The van der Waals surface area contributed by atoms with E-state index in [4.69, 9.17) is 0 Å². The topological polar surface area (TPSA) is 10.4 Å². The summed E-state index contributed by atoms with van der Waals surface area (Å²) in [7, 11) is 0. The quantitative estimate of drug-likeness (QED) is 0.193. The fraction of sp³-hybridized carbons (Fsp3) is 0.469. The maximum Gasteiger partial charge on any atom is 0.205 e. The molecule has 3 aromatic rings. The molecular weight excluding hydrogens is 464 g/mol. The van der Waals surface area contributed by atoms with Crippen molar-refractivity contribution in [1.82, 2.24) is 4.90 Å². The number of unbranched alkanes of at least 4 members (excludes halogenated alkanes) is 2. The molecule has 200 valence electrons. The van der Waals surface area contributed by atoms with Crippen LogP contribution >= 0.6 is 0 Å². The van der Waals surface area contributed by atoms with Gasteiger partial charge in [0.05, 0.1) is 5.56 Å². The second-order valence-corrected chi connectivity index (χ2v) is 9.76. The van der Waals surface area contributed by atoms with Crippen LogP contribution in [0.3, 0.4) is 0 Å². The fourth-order valence-corrected chi connectivity index (χ4v) is 4.76. The van der Waals surface area contributed by atoms with E-state index in [2.05, 4.69) is 61.8 Å². The standard InChI is InChI=1S/C32H44F2N3/c1-5-9-20-37(21-10-6-2)28-15-16-29-26(23-28)13-11-14-27(29)24-31(33)30-17-22-36(25-32(30)34)19-12-18-35(7-3)8-4/h11,13-17,22-25H,5-10,12,18-21H2,1-4H3/q+1/b31-24-. The summed E-state index contributed by atoms with van der Waals surface area (Å²) >= 11 is 0. The number of anilines is 1. The first kappa shape index (κ1) is 28.8. The predicted molar refractivity (Wildman–Crippen MR) is 154 cm³/mol. The number of fused-ring (bicyclic) bond motifs is 1. The van der Waals surface area contributed by atoms with Crippen molar-refractivity contribution in [2.45, 2.75) is 66.3 Å². The van der Waals surface area contributed by atoms with E-state index < -0.39 is 11.6 Å². The van der Waals surface area contributed by atoms with Crippen molar-refractivity contribution in [3.8, 4) is 0 Å². The van der Waals surface area contributed by atoms with Crippen LogP contribution in [-0.2, 0) is 6.54 Å². The molecule has 0 saturated carbocycles. The molecule has 0 fully saturated rings. The van der Waals surface area contributed by atoms with Gasteiger partial charge in [0, 0.05) is 37.8 Å². The van der Waals surface area contributed by atoms with Gasteiger partial charge >= 0.3 is 0 Å². The van der Waals surface area contributed by atoms with Gasteiger partial charge < -0.3 is 9.80 Å². The number of benzene rings is 2. The van der Waals surface area contributed by atoms with Crippen molar-refractivity contribution >= 4 is 28.4 Å². The highest BCUT2D eigenvalue weighted by Crippen LogP contribution is 2.29. The molecule has 3 rings (SSSR count). The first-order valence-electron chi connectivity index (χ1n) is 14.1. The smallest absolute Gasteiger partial charge is 0.205 e. The summed E-state index contributed by atoms with van der Waals surface area (Å²) in [4.78, 5) is 4.79. The zero-order valence-corrected chi connectivity index (χ0v) is 23.1. The largest absolute Gasteiger partial charge is 0.372 e. The maximum atomic E-state index is 15.3. The number of aromatic nitrogens is 1. The van der Waals surface area contributed by atoms with E-state index in [0.29, 0.717) is 6.54 Å². The summed E-state index contributed by atoms with van der Waals surface area (Å²) in [6.07, 6.45) is 10.2. The van der Waals surface area contributed by atoms with Gasteiger partial charge in [0.15, 0.2) is 12.0 Å². The summed E-state index contributed by atoms with van der Waals surface area (Å²) in [5.74, 6) is -1.10. The maximum absolute atomic E-state index is 15.3. The monoisotopic (exact) mass is 508 g/mol. The Morgan fingerprint density at radius 3 is 2.27 bits per heavy atom. The van der Waals surface area contributed by atoms with Gasteiger partial charge in [-0.2, -0.15) is 4.39 Å². The number of aryl methyl sites for hydroxylation is 1. The molecule has 3 nitrogen and oxygen atoms in total. The van der Waals surface area contributed by atoms with E-state index in [1.807, 2.05) is 12.1 Å². The van der Waals surface area contributed by atoms with E-state index >= 15 is 4.39 Å². The molecule has 0 aliphatic rings. The summed E-state index contributed by atoms with van der Waals surface area (Å²) in [5, 5.41) is 2.03. The van der Waals surface area contributed by atoms with Crippen molar-refractivity contribution in [3.63, 3.8) is 0 Å². The first-order chi connectivity index (χ1) is 18.0. The van der Waals surface area contributed by atoms with Gasteiger partial charge in [0.1, 0.15) is 12.4 Å². The van der Waals surface area contributed by atoms with Crippen LogP contribution in [0.5, 0.6) is 0 Å². The minimum Gasteiger partial charge on any atom is -0.372 e. The Labute approximate surface area is 222 Å². The molecule has 1 aromatic heterocycles. The molecule has 0 saturated heterocycles. The number of hydrogen-bond donors (Lipinski definition) is 0. The van der Waals surface area contributed by atoms with E-state index in [1.54, 1.807) is 16.8 Å². The zero-order valence-electron chi connectivity index (χ0n) is 23.1. The van der Waals surface area contributed by atoms with Crippen molar-refractivity contribution < 1.29 is 13.3 Å². The Bertz CT molecular complexity index is 1150. The predicted octanol–water partition coefficient (Wildman–Crippen LogP) is 7.87. The highest BCUT2D eigenvalue weighted by molar-refractivity contribution is 5.95. The average molecular weight is 509 g/mol. The first-order valence-corrected chi connectivity index (χ1v) is 14.1. The molecule has 0 aliphatic carbocycles. The lowest BCUT2D eigenvalue weighted by Crippen LogP contribution is -2.36. The van der Waals surface area contributed by atoms with Crippen LogP contribution in [0.2, 0.25) is 0 Å². The molecule has 0 radical (unpaired) electrons. The SMILES string of the molecule is CCCCN(CCCC)c1ccc2c(/C=C(\F)c3cc[n+](CCCN(CC)CC)cc3F)cccc2c1. The number of hydrogen-bond acceptors (Lipinski definition) is 2. The Morgan fingerprint density at radius 1 is 0.892 bits per heavy atom. The minimum atomic E-state index is -0.558. The van der Waals surface area contributed by atoms with Crippen molar-refractivity contribution in [1.29, 1.82) is 0 Å². The highest BCUT2D eigenvalue weighted by atomic mass is 19.1. The van der Waals surface area contributed by atoms with Crippen LogP contribution in [-0.4, -0.2) is 37.6 Å². The molecule has 1 heterocycles. The number of nitrogens with zero attached hydrogens (tertiary/aromatic N) is 3. The van der Waals surface area contributed by atoms with Crippen LogP contribution in [0, 0.1) is 5.82 Å². The van der Waals surface area contributed by atoms with E-state index in [-0.39, 0.29) is 5.56 Å². The third-order valence-electron chi connectivity index (χ3n) is 7.12. The van der Waals surface area contributed by atoms with Gasteiger partial charge in [0.2, 0.25) is 6.20 Å². The van der Waals surface area contributed by atoms with Crippen molar-refractivity contribution in [2.75, 3.05) is 37.6 Å². The van der Waals surface area contributed by atoms with Crippen LogP contribution in [0.25, 0.3) is 22.7 Å². The highest BCUT2D eigenvalue weighted by Gasteiger charge is 2.15. The van der Waals surface area contributed by atoms with Gasteiger partial charge in [-0.25, -0.2) is 8.96 Å². The number of halogens is 2. The van der Waals surface area contributed by atoms with E-state index in [9.17, 15) is 4.39 Å². The van der Waals surface area contributed by atoms with Crippen molar-refractivity contribution in [3.05, 3.63) is 71.8 Å². The molecule has 0 N–H and O–H groups in total. The Morgan fingerprint density at radius 2 is 1.62 bits per heavy atom. The summed E-state index contributed by atoms with van der Waals surface area (Å²) in [6.45, 7) is 14.5. The van der Waals surface area contributed by atoms with Gasteiger partial charge in [-0.3, -0.25) is 0 Å². The molecule has 0 amide bonds. The molecule has 0 aliphatic heterocycles. The molecule has 0 unspecified atom stereocenters. The third kappa shape index (κ3) is 8.10. The molecule has 5 heteroatoms. The Balaban J connectivity index is 1.80. The van der Waals surface area contributed by atoms with Gasteiger partial charge in [0.25, 0.3) is 0 Å². The lowest BCUT2D eigenvalue weighted by atomic mass is 10.0. The molecule has 37 heavy (non-hydrogen) atoms. The second-order valence-electron chi connectivity index (χ2n) is 9.76. The third-order valence-corrected chi connectivity index (χ3v) is 7.12. The van der Waals surface area contributed by atoms with Crippen LogP contribution < -0.4 is 9.47 Å². The number of pyridine rings is 1. The van der Waals surface area contributed by atoms with Crippen LogP contribution in [0.4, 0.5) is 14.5 Å². The minimum absolute atomic E-state index is 0.000998. The second kappa shape index (κ2) is 14.8. The Kier molecular flexibility index (Phi) is 11.5. The van der Waals surface area contributed by atoms with Gasteiger partial charge in [-0.15, -0.1) is 0 Å². The lowest BCUT2D eigenvalue weighted by Gasteiger charge is -2.25.